The van der Waals surface area contributed by atoms with Crippen LogP contribution in [0.1, 0.15) is 41.3 Å². The van der Waals surface area contributed by atoms with Crippen molar-refractivity contribution < 1.29 is 22.8 Å². The maximum absolute atomic E-state index is 12.7. The summed E-state index contributed by atoms with van der Waals surface area (Å²) in [5.74, 6) is -1.18. The van der Waals surface area contributed by atoms with Gasteiger partial charge in [-0.3, -0.25) is 9.59 Å². The predicted octanol–water partition coefficient (Wildman–Crippen LogP) is 5.05. The first-order valence-electron chi connectivity index (χ1n) is 8.94. The Bertz CT molecular complexity index is 876. The van der Waals surface area contributed by atoms with Crippen LogP contribution in [0.2, 0.25) is 5.02 Å². The van der Waals surface area contributed by atoms with Crippen molar-refractivity contribution >= 4 is 29.5 Å². The lowest BCUT2D eigenvalue weighted by molar-refractivity contribution is -0.137. The minimum Gasteiger partial charge on any atom is -0.351 e. The van der Waals surface area contributed by atoms with Crippen molar-refractivity contribution in [2.24, 2.45) is 0 Å². The van der Waals surface area contributed by atoms with E-state index in [1.54, 1.807) is 24.3 Å². The molecule has 0 spiro atoms. The molecule has 0 saturated heterocycles. The second-order valence-corrected chi connectivity index (χ2v) is 6.68. The number of benzene rings is 2. The van der Waals surface area contributed by atoms with Gasteiger partial charge in [0.25, 0.3) is 11.8 Å². The fourth-order valence-corrected chi connectivity index (χ4v) is 2.49. The van der Waals surface area contributed by atoms with Crippen molar-refractivity contribution in [3.8, 4) is 0 Å². The summed E-state index contributed by atoms with van der Waals surface area (Å²) < 4.78 is 38.0. The van der Waals surface area contributed by atoms with Crippen LogP contribution < -0.4 is 10.6 Å². The molecule has 0 saturated carbocycles. The van der Waals surface area contributed by atoms with E-state index in [1.807, 2.05) is 6.92 Å². The average Bonchev–Trinajstić information content (AvgIpc) is 2.68. The smallest absolute Gasteiger partial charge is 0.351 e. The van der Waals surface area contributed by atoms with Crippen molar-refractivity contribution in [1.82, 2.24) is 10.6 Å². The van der Waals surface area contributed by atoms with Gasteiger partial charge in [-0.05, 0) is 54.5 Å². The summed E-state index contributed by atoms with van der Waals surface area (Å²) in [6, 6.07) is 10.4. The molecule has 0 aromatic heterocycles. The Kier molecular flexibility index (Phi) is 7.84. The molecule has 0 aliphatic carbocycles. The zero-order valence-electron chi connectivity index (χ0n) is 15.6. The summed E-state index contributed by atoms with van der Waals surface area (Å²) in [5.41, 5.74) is -0.249. The summed E-state index contributed by atoms with van der Waals surface area (Å²) in [6.45, 7) is 2.41. The average molecular weight is 425 g/mol. The fraction of sp³-hybridized carbons (Fsp3) is 0.238. The summed E-state index contributed by atoms with van der Waals surface area (Å²) >= 11 is 5.85. The van der Waals surface area contributed by atoms with Crippen LogP contribution in [0.4, 0.5) is 13.2 Å². The summed E-state index contributed by atoms with van der Waals surface area (Å²) in [7, 11) is 0. The molecule has 0 fully saturated rings. The number of hydrogen-bond donors (Lipinski definition) is 2. The van der Waals surface area contributed by atoms with Crippen molar-refractivity contribution in [2.75, 3.05) is 6.54 Å². The number of rotatable bonds is 7. The van der Waals surface area contributed by atoms with Crippen LogP contribution in [0.15, 0.2) is 54.2 Å². The summed E-state index contributed by atoms with van der Waals surface area (Å²) in [4.78, 5) is 24.9. The normalized spacial score (nSPS) is 11.8. The second-order valence-electron chi connectivity index (χ2n) is 6.25. The van der Waals surface area contributed by atoms with Crippen LogP contribution in [-0.4, -0.2) is 18.4 Å². The van der Waals surface area contributed by atoms with Crippen LogP contribution in [0.25, 0.3) is 6.08 Å². The van der Waals surface area contributed by atoms with Gasteiger partial charge in [0.1, 0.15) is 5.70 Å². The molecule has 0 bridgehead atoms. The molecule has 0 atom stereocenters. The van der Waals surface area contributed by atoms with Gasteiger partial charge in [0, 0.05) is 17.1 Å². The second kappa shape index (κ2) is 10.1. The van der Waals surface area contributed by atoms with E-state index in [9.17, 15) is 22.8 Å². The lowest BCUT2D eigenvalue weighted by Crippen LogP contribution is -2.35. The predicted molar refractivity (Wildman–Crippen MR) is 106 cm³/mol. The standard InChI is InChI=1S/C21H20ClF3N2O2/c1-2-3-12-26-20(29)18(13-14-4-10-17(22)11-5-14)27-19(28)15-6-8-16(9-7-15)21(23,24)25/h4-11,13H,2-3,12H2,1H3,(H,26,29)(H,27,28)/b18-13-. The van der Waals surface area contributed by atoms with Gasteiger partial charge < -0.3 is 10.6 Å². The first kappa shape index (κ1) is 22.5. The van der Waals surface area contributed by atoms with Crippen LogP contribution in [0, 0.1) is 0 Å². The number of alkyl halides is 3. The van der Waals surface area contributed by atoms with Crippen molar-refractivity contribution in [2.45, 2.75) is 25.9 Å². The molecule has 2 N–H and O–H groups in total. The van der Waals surface area contributed by atoms with Crippen molar-refractivity contribution in [1.29, 1.82) is 0 Å². The molecular formula is C21H20ClF3N2O2. The molecule has 4 nitrogen and oxygen atoms in total. The van der Waals surface area contributed by atoms with Crippen molar-refractivity contribution in [3.05, 3.63) is 75.9 Å². The van der Waals surface area contributed by atoms with Crippen LogP contribution in [-0.2, 0) is 11.0 Å². The first-order chi connectivity index (χ1) is 13.7. The molecule has 154 valence electrons. The van der Waals surface area contributed by atoms with Crippen molar-refractivity contribution in [3.63, 3.8) is 0 Å². The van der Waals surface area contributed by atoms with Gasteiger partial charge >= 0.3 is 6.18 Å². The van der Waals surface area contributed by atoms with Gasteiger partial charge in [-0.1, -0.05) is 37.1 Å². The zero-order valence-corrected chi connectivity index (χ0v) is 16.4. The van der Waals surface area contributed by atoms with E-state index >= 15 is 0 Å². The van der Waals surface area contributed by atoms with E-state index in [2.05, 4.69) is 10.6 Å². The Labute approximate surface area is 171 Å². The highest BCUT2D eigenvalue weighted by Gasteiger charge is 2.30. The number of carbonyl (C=O) groups excluding carboxylic acids is 2. The Balaban J connectivity index is 2.22. The number of unbranched alkanes of at least 4 members (excludes halogenated alkanes) is 1. The SMILES string of the molecule is CCCCNC(=O)/C(=C/c1ccc(Cl)cc1)NC(=O)c1ccc(C(F)(F)F)cc1. The van der Waals surface area contributed by atoms with Crippen LogP contribution in [0.3, 0.4) is 0 Å². The zero-order chi connectivity index (χ0) is 21.4. The molecule has 29 heavy (non-hydrogen) atoms. The molecule has 0 aliphatic heterocycles. The fourth-order valence-electron chi connectivity index (χ4n) is 2.36. The number of carbonyl (C=O) groups is 2. The van der Waals surface area contributed by atoms with Gasteiger partial charge in [0.15, 0.2) is 0 Å². The van der Waals surface area contributed by atoms with Gasteiger partial charge in [-0.15, -0.1) is 0 Å². The van der Waals surface area contributed by atoms with E-state index in [1.165, 1.54) is 6.08 Å². The van der Waals surface area contributed by atoms with E-state index in [0.717, 1.165) is 37.1 Å². The molecule has 2 amide bonds. The summed E-state index contributed by atoms with van der Waals surface area (Å²) in [6.07, 6.45) is -1.37. The van der Waals surface area contributed by atoms with Crippen LogP contribution in [0.5, 0.6) is 0 Å². The highest BCUT2D eigenvalue weighted by molar-refractivity contribution is 6.30. The highest BCUT2D eigenvalue weighted by Crippen LogP contribution is 2.29. The molecule has 2 aromatic rings. The Hall–Kier alpha value is -2.80. The number of nitrogens with one attached hydrogen (secondary N) is 2. The minimum absolute atomic E-state index is 0.00126. The van der Waals surface area contributed by atoms with Gasteiger partial charge in [0.05, 0.1) is 5.56 Å². The summed E-state index contributed by atoms with van der Waals surface area (Å²) in [5, 5.41) is 5.70. The maximum Gasteiger partial charge on any atom is 0.416 e. The molecule has 8 heteroatoms. The number of halogens is 4. The number of amides is 2. The molecule has 2 aromatic carbocycles. The van der Waals surface area contributed by atoms with E-state index in [0.29, 0.717) is 17.1 Å². The molecule has 2 rings (SSSR count). The molecule has 0 aliphatic rings. The lowest BCUT2D eigenvalue weighted by atomic mass is 10.1. The molecular weight excluding hydrogens is 405 g/mol. The number of hydrogen-bond acceptors (Lipinski definition) is 2. The Morgan fingerprint density at radius 1 is 1.03 bits per heavy atom. The first-order valence-corrected chi connectivity index (χ1v) is 9.32. The lowest BCUT2D eigenvalue weighted by Gasteiger charge is -2.12. The topological polar surface area (TPSA) is 58.2 Å². The Morgan fingerprint density at radius 2 is 1.66 bits per heavy atom. The third-order valence-corrected chi connectivity index (χ3v) is 4.22. The van der Waals surface area contributed by atoms with Gasteiger partial charge in [-0.25, -0.2) is 0 Å². The van der Waals surface area contributed by atoms with Gasteiger partial charge in [0.2, 0.25) is 0 Å². The molecule has 0 radical (unpaired) electrons. The third kappa shape index (κ3) is 6.94. The maximum atomic E-state index is 12.7. The van der Waals surface area contributed by atoms with Gasteiger partial charge in [-0.2, -0.15) is 13.2 Å². The van der Waals surface area contributed by atoms with E-state index in [4.69, 9.17) is 11.6 Å². The monoisotopic (exact) mass is 424 g/mol. The van der Waals surface area contributed by atoms with E-state index in [-0.39, 0.29) is 11.3 Å². The quantitative estimate of drug-likeness (QED) is 0.483. The Morgan fingerprint density at radius 3 is 2.21 bits per heavy atom. The van der Waals surface area contributed by atoms with E-state index < -0.39 is 23.6 Å². The minimum atomic E-state index is -4.49. The van der Waals surface area contributed by atoms with Crippen LogP contribution >= 0.6 is 11.6 Å². The third-order valence-electron chi connectivity index (χ3n) is 3.96. The molecule has 0 unspecified atom stereocenters. The highest BCUT2D eigenvalue weighted by atomic mass is 35.5. The molecule has 0 heterocycles. The largest absolute Gasteiger partial charge is 0.416 e.